The number of carbonyl (C=O) groups excluding carboxylic acids is 2. The van der Waals surface area contributed by atoms with E-state index in [1.807, 2.05) is 36.4 Å². The van der Waals surface area contributed by atoms with E-state index in [2.05, 4.69) is 10.6 Å². The summed E-state index contributed by atoms with van der Waals surface area (Å²) in [5.41, 5.74) is 4.26. The average molecular weight is 461 g/mol. The third-order valence-corrected chi connectivity index (χ3v) is 5.32. The van der Waals surface area contributed by atoms with Gasteiger partial charge in [-0.25, -0.2) is 0 Å². The fraction of sp³-hybridized carbons (Fsp3) is 0.222. The number of carboxylic acid groups (broad SMARTS) is 1. The van der Waals surface area contributed by atoms with E-state index in [4.69, 9.17) is 5.11 Å². The molecule has 0 aliphatic heterocycles. The smallest absolute Gasteiger partial charge is 0.303 e. The number of phenols is 1. The Morgan fingerprint density at radius 1 is 0.559 bits per heavy atom. The molecule has 0 unspecified atom stereocenters. The number of hydrogen-bond donors (Lipinski definition) is 4. The lowest BCUT2D eigenvalue weighted by Crippen LogP contribution is -2.13. The molecular formula is C27H28N2O5. The summed E-state index contributed by atoms with van der Waals surface area (Å²) in [4.78, 5) is 35.1. The van der Waals surface area contributed by atoms with Crippen LogP contribution < -0.4 is 10.6 Å². The first kappa shape index (κ1) is 24.5. The van der Waals surface area contributed by atoms with Crippen LogP contribution in [-0.4, -0.2) is 28.0 Å². The van der Waals surface area contributed by atoms with E-state index in [9.17, 15) is 19.5 Å². The van der Waals surface area contributed by atoms with Gasteiger partial charge in [-0.15, -0.1) is 0 Å². The van der Waals surface area contributed by atoms with Crippen molar-refractivity contribution in [1.29, 1.82) is 0 Å². The first-order valence-electron chi connectivity index (χ1n) is 11.1. The predicted octanol–water partition coefficient (Wildman–Crippen LogP) is 4.55. The highest BCUT2D eigenvalue weighted by Crippen LogP contribution is 2.15. The lowest BCUT2D eigenvalue weighted by Gasteiger charge is -2.08. The first-order valence-corrected chi connectivity index (χ1v) is 11.1. The highest BCUT2D eigenvalue weighted by atomic mass is 16.4. The number of hydrogen-bond acceptors (Lipinski definition) is 4. The number of nitrogens with one attached hydrogen (secondary N) is 2. The molecule has 0 atom stereocenters. The normalized spacial score (nSPS) is 10.5. The van der Waals surface area contributed by atoms with Gasteiger partial charge >= 0.3 is 5.97 Å². The number of anilines is 2. The van der Waals surface area contributed by atoms with Gasteiger partial charge < -0.3 is 20.8 Å². The van der Waals surface area contributed by atoms with Gasteiger partial charge in [-0.1, -0.05) is 36.4 Å². The summed E-state index contributed by atoms with van der Waals surface area (Å²) in [7, 11) is 0. The number of benzene rings is 3. The maximum absolute atomic E-state index is 12.2. The Balaban J connectivity index is 1.39. The Morgan fingerprint density at radius 2 is 0.912 bits per heavy atom. The van der Waals surface area contributed by atoms with Gasteiger partial charge in [0.15, 0.2) is 0 Å². The number of amides is 2. The summed E-state index contributed by atoms with van der Waals surface area (Å²) >= 11 is 0. The largest absolute Gasteiger partial charge is 0.508 e. The summed E-state index contributed by atoms with van der Waals surface area (Å²) in [5, 5.41) is 23.8. The molecule has 0 bridgehead atoms. The van der Waals surface area contributed by atoms with Crippen LogP contribution in [0.3, 0.4) is 0 Å². The molecule has 0 radical (unpaired) electrons. The Hall–Kier alpha value is -4.13. The van der Waals surface area contributed by atoms with Gasteiger partial charge in [-0.3, -0.25) is 14.4 Å². The van der Waals surface area contributed by atoms with Crippen LogP contribution in [0.5, 0.6) is 5.75 Å². The monoisotopic (exact) mass is 460 g/mol. The molecule has 7 nitrogen and oxygen atoms in total. The van der Waals surface area contributed by atoms with Gasteiger partial charge in [0.1, 0.15) is 5.75 Å². The molecular weight excluding hydrogens is 432 g/mol. The van der Waals surface area contributed by atoms with Gasteiger partial charge in [-0.05, 0) is 72.4 Å². The van der Waals surface area contributed by atoms with Crippen LogP contribution in [0.15, 0.2) is 72.8 Å². The van der Waals surface area contributed by atoms with Crippen LogP contribution in [0, 0.1) is 0 Å². The fourth-order valence-electron chi connectivity index (χ4n) is 3.39. The van der Waals surface area contributed by atoms with Crippen molar-refractivity contribution >= 4 is 29.2 Å². The second kappa shape index (κ2) is 12.2. The molecule has 2 amide bonds. The van der Waals surface area contributed by atoms with Crippen molar-refractivity contribution in [1.82, 2.24) is 0 Å². The van der Waals surface area contributed by atoms with Crippen LogP contribution in [0.2, 0.25) is 0 Å². The number of aryl methyl sites for hydroxylation is 3. The minimum Gasteiger partial charge on any atom is -0.508 e. The molecule has 0 fully saturated rings. The van der Waals surface area contributed by atoms with Gasteiger partial charge in [0, 0.05) is 30.6 Å². The number of aromatic hydroxyl groups is 1. The maximum atomic E-state index is 12.2. The minimum atomic E-state index is -0.835. The van der Waals surface area contributed by atoms with E-state index < -0.39 is 5.97 Å². The van der Waals surface area contributed by atoms with Crippen molar-refractivity contribution < 1.29 is 24.6 Å². The molecule has 4 N–H and O–H groups in total. The summed E-state index contributed by atoms with van der Waals surface area (Å²) in [6.45, 7) is 0. The molecule has 0 spiro atoms. The van der Waals surface area contributed by atoms with Crippen LogP contribution in [0.25, 0.3) is 0 Å². The zero-order valence-corrected chi connectivity index (χ0v) is 18.8. The Kier molecular flexibility index (Phi) is 8.80. The Labute approximate surface area is 198 Å². The molecule has 3 aromatic carbocycles. The third-order valence-electron chi connectivity index (χ3n) is 5.32. The van der Waals surface area contributed by atoms with Gasteiger partial charge in [0.2, 0.25) is 11.8 Å². The standard InChI is InChI=1S/C27H28N2O5/c30-24-14-5-21(6-15-24)8-17-26(32)28-22-10-1-19(2-11-22)7-16-25(31)29-23-12-3-20(4-13-23)9-18-27(33)34/h1-6,10-15,30H,7-9,16-18H2,(H,28,32)(H,29,31)(H,33,34). The number of carboxylic acids is 1. The fourth-order valence-corrected chi connectivity index (χ4v) is 3.39. The molecule has 3 rings (SSSR count). The van der Waals surface area contributed by atoms with E-state index in [-0.39, 0.29) is 24.0 Å². The Morgan fingerprint density at radius 3 is 1.29 bits per heavy atom. The molecule has 0 saturated heterocycles. The van der Waals surface area contributed by atoms with Gasteiger partial charge in [0.05, 0.1) is 0 Å². The van der Waals surface area contributed by atoms with E-state index in [0.717, 1.165) is 16.7 Å². The van der Waals surface area contributed by atoms with E-state index in [1.165, 1.54) is 0 Å². The number of phenolic OH excluding ortho intramolecular Hbond substituents is 1. The SMILES string of the molecule is O=C(O)CCc1ccc(NC(=O)CCc2ccc(NC(=O)CCc3ccc(O)cc3)cc2)cc1. The molecule has 0 saturated carbocycles. The minimum absolute atomic E-state index is 0.0774. The second-order valence-corrected chi connectivity index (χ2v) is 8.05. The molecule has 0 heterocycles. The van der Waals surface area contributed by atoms with Crippen molar-refractivity contribution in [2.45, 2.75) is 38.5 Å². The second-order valence-electron chi connectivity index (χ2n) is 8.05. The van der Waals surface area contributed by atoms with Gasteiger partial charge in [-0.2, -0.15) is 0 Å². The van der Waals surface area contributed by atoms with Crippen LogP contribution >= 0.6 is 0 Å². The molecule has 0 aromatic heterocycles. The van der Waals surface area contributed by atoms with Crippen molar-refractivity contribution in [2.24, 2.45) is 0 Å². The number of aliphatic carboxylic acids is 1. The molecule has 7 heteroatoms. The van der Waals surface area contributed by atoms with E-state index >= 15 is 0 Å². The van der Waals surface area contributed by atoms with Gasteiger partial charge in [0.25, 0.3) is 0 Å². The zero-order valence-electron chi connectivity index (χ0n) is 18.8. The quantitative estimate of drug-likeness (QED) is 0.335. The first-order chi connectivity index (χ1) is 16.4. The van der Waals surface area contributed by atoms with E-state index in [1.54, 1.807) is 36.4 Å². The van der Waals surface area contributed by atoms with Crippen LogP contribution in [0.4, 0.5) is 11.4 Å². The van der Waals surface area contributed by atoms with Crippen molar-refractivity contribution in [2.75, 3.05) is 10.6 Å². The lowest BCUT2D eigenvalue weighted by molar-refractivity contribution is -0.137. The zero-order chi connectivity index (χ0) is 24.3. The van der Waals surface area contributed by atoms with E-state index in [0.29, 0.717) is 43.5 Å². The molecule has 3 aromatic rings. The summed E-state index contributed by atoms with van der Waals surface area (Å²) < 4.78 is 0. The highest BCUT2D eigenvalue weighted by Gasteiger charge is 2.07. The highest BCUT2D eigenvalue weighted by molar-refractivity contribution is 5.91. The lowest BCUT2D eigenvalue weighted by atomic mass is 10.1. The molecule has 0 aliphatic carbocycles. The van der Waals surface area contributed by atoms with Crippen LogP contribution in [0.1, 0.15) is 36.0 Å². The van der Waals surface area contributed by atoms with Crippen LogP contribution in [-0.2, 0) is 33.6 Å². The summed E-state index contributed by atoms with van der Waals surface area (Å²) in [6, 6.07) is 21.4. The maximum Gasteiger partial charge on any atom is 0.303 e. The summed E-state index contributed by atoms with van der Waals surface area (Å²) in [6.07, 6.45) is 2.35. The summed E-state index contributed by atoms with van der Waals surface area (Å²) in [5.74, 6) is -0.827. The van der Waals surface area contributed by atoms with Crippen molar-refractivity contribution in [3.8, 4) is 5.75 Å². The predicted molar refractivity (Wildman–Crippen MR) is 131 cm³/mol. The molecule has 176 valence electrons. The topological polar surface area (TPSA) is 116 Å². The number of rotatable bonds is 11. The average Bonchev–Trinajstić information content (AvgIpc) is 2.83. The van der Waals surface area contributed by atoms with Crippen molar-refractivity contribution in [3.63, 3.8) is 0 Å². The van der Waals surface area contributed by atoms with Crippen molar-refractivity contribution in [3.05, 3.63) is 89.5 Å². The molecule has 0 aliphatic rings. The molecule has 34 heavy (non-hydrogen) atoms. The third kappa shape index (κ3) is 8.43. The Bertz CT molecular complexity index is 1110. The number of carbonyl (C=O) groups is 3.